The molecule has 1 N–H and O–H groups in total. The van der Waals surface area contributed by atoms with Gasteiger partial charge in [-0.25, -0.2) is 4.98 Å². The topological polar surface area (TPSA) is 55.6 Å². The summed E-state index contributed by atoms with van der Waals surface area (Å²) < 4.78 is 7.14. The molecule has 6 heteroatoms. The molecule has 2 aromatic heterocycles. The van der Waals surface area contributed by atoms with E-state index in [1.54, 1.807) is 7.11 Å². The average molecular weight is 315 g/mol. The Bertz CT molecular complexity index is 803. The van der Waals surface area contributed by atoms with E-state index in [1.807, 2.05) is 54.1 Å². The van der Waals surface area contributed by atoms with Crippen LogP contribution >= 0.6 is 11.3 Å². The number of methoxy groups -OCH3 is 1. The van der Waals surface area contributed by atoms with E-state index < -0.39 is 0 Å². The standard InChI is InChI=1S/C16H17N3O2S/c1-10(2)17-15(20)13-14(19-8-9-22-16(19)18-13)11-4-6-12(21-3)7-5-11/h4-10H,1-3H3,(H,17,20). The highest BCUT2D eigenvalue weighted by Crippen LogP contribution is 2.29. The first-order valence-corrected chi connectivity index (χ1v) is 7.89. The number of benzene rings is 1. The van der Waals surface area contributed by atoms with E-state index in [0.29, 0.717) is 5.69 Å². The van der Waals surface area contributed by atoms with Crippen molar-refractivity contribution in [2.75, 3.05) is 7.11 Å². The van der Waals surface area contributed by atoms with Crippen LogP contribution in [0, 0.1) is 0 Å². The molecule has 0 aliphatic carbocycles. The number of imidazole rings is 1. The summed E-state index contributed by atoms with van der Waals surface area (Å²) in [5, 5.41) is 4.87. The van der Waals surface area contributed by atoms with Crippen molar-refractivity contribution in [3.8, 4) is 17.0 Å². The molecule has 0 aliphatic rings. The van der Waals surface area contributed by atoms with Gasteiger partial charge >= 0.3 is 0 Å². The molecule has 5 nitrogen and oxygen atoms in total. The lowest BCUT2D eigenvalue weighted by Crippen LogP contribution is -2.30. The van der Waals surface area contributed by atoms with Gasteiger partial charge in [0.1, 0.15) is 5.75 Å². The van der Waals surface area contributed by atoms with E-state index in [1.165, 1.54) is 11.3 Å². The molecule has 0 saturated carbocycles. The molecule has 0 bridgehead atoms. The van der Waals surface area contributed by atoms with Crippen LogP contribution in [0.5, 0.6) is 5.75 Å². The molecule has 0 aliphatic heterocycles. The smallest absolute Gasteiger partial charge is 0.272 e. The third-order valence-electron chi connectivity index (χ3n) is 3.26. The summed E-state index contributed by atoms with van der Waals surface area (Å²) in [6.45, 7) is 3.87. The van der Waals surface area contributed by atoms with Crippen LogP contribution in [0.2, 0.25) is 0 Å². The van der Waals surface area contributed by atoms with E-state index in [2.05, 4.69) is 10.3 Å². The number of carbonyl (C=O) groups excluding carboxylic acids is 1. The predicted molar refractivity (Wildman–Crippen MR) is 87.7 cm³/mol. The lowest BCUT2D eigenvalue weighted by molar-refractivity contribution is 0.0939. The maximum Gasteiger partial charge on any atom is 0.272 e. The molecule has 3 aromatic rings. The van der Waals surface area contributed by atoms with Gasteiger partial charge < -0.3 is 10.1 Å². The molecule has 0 saturated heterocycles. The van der Waals surface area contributed by atoms with Crippen molar-refractivity contribution in [2.45, 2.75) is 19.9 Å². The fourth-order valence-corrected chi connectivity index (χ4v) is 3.01. The third-order valence-corrected chi connectivity index (χ3v) is 4.02. The van der Waals surface area contributed by atoms with E-state index in [4.69, 9.17) is 4.74 Å². The molecule has 1 aromatic carbocycles. The van der Waals surface area contributed by atoms with E-state index >= 15 is 0 Å². The number of amides is 1. The molecule has 2 heterocycles. The van der Waals surface area contributed by atoms with Crippen LogP contribution in [0.15, 0.2) is 35.8 Å². The third kappa shape index (κ3) is 2.57. The minimum atomic E-state index is -0.156. The van der Waals surface area contributed by atoms with Gasteiger partial charge in [0.05, 0.1) is 12.8 Å². The summed E-state index contributed by atoms with van der Waals surface area (Å²) >= 11 is 1.51. The lowest BCUT2D eigenvalue weighted by atomic mass is 10.1. The van der Waals surface area contributed by atoms with Gasteiger partial charge in [-0.2, -0.15) is 0 Å². The molecule has 22 heavy (non-hydrogen) atoms. The summed E-state index contributed by atoms with van der Waals surface area (Å²) in [7, 11) is 1.63. The molecule has 0 unspecified atom stereocenters. The first-order valence-electron chi connectivity index (χ1n) is 7.01. The highest BCUT2D eigenvalue weighted by Gasteiger charge is 2.21. The molecule has 0 fully saturated rings. The Morgan fingerprint density at radius 1 is 1.32 bits per heavy atom. The average Bonchev–Trinajstić information content (AvgIpc) is 3.07. The maximum absolute atomic E-state index is 12.4. The zero-order valence-electron chi connectivity index (χ0n) is 12.7. The van der Waals surface area contributed by atoms with Crippen molar-refractivity contribution in [1.82, 2.24) is 14.7 Å². The number of aromatic nitrogens is 2. The van der Waals surface area contributed by atoms with E-state index in [9.17, 15) is 4.79 Å². The molecule has 3 rings (SSSR count). The molecule has 0 radical (unpaired) electrons. The van der Waals surface area contributed by atoms with Crippen LogP contribution in [0.25, 0.3) is 16.2 Å². The number of hydrogen-bond acceptors (Lipinski definition) is 4. The van der Waals surface area contributed by atoms with Gasteiger partial charge in [-0.1, -0.05) is 0 Å². The monoisotopic (exact) mass is 315 g/mol. The number of thiazole rings is 1. The SMILES string of the molecule is COc1ccc(-c2c(C(=O)NC(C)C)nc3sccn23)cc1. The summed E-state index contributed by atoms with van der Waals surface area (Å²) in [6, 6.07) is 7.70. The van der Waals surface area contributed by atoms with Crippen LogP contribution in [0.1, 0.15) is 24.3 Å². The number of nitrogens with zero attached hydrogens (tertiary/aromatic N) is 2. The summed E-state index contributed by atoms with van der Waals surface area (Å²) in [5.41, 5.74) is 2.18. The second-order valence-corrected chi connectivity index (χ2v) is 6.09. The highest BCUT2D eigenvalue weighted by molar-refractivity contribution is 7.15. The zero-order chi connectivity index (χ0) is 15.7. The molecular formula is C16H17N3O2S. The predicted octanol–water partition coefficient (Wildman–Crippen LogP) is 3.21. The van der Waals surface area contributed by atoms with Crippen molar-refractivity contribution >= 4 is 22.2 Å². The van der Waals surface area contributed by atoms with Gasteiger partial charge in [-0.05, 0) is 38.1 Å². The van der Waals surface area contributed by atoms with E-state index in [0.717, 1.165) is 22.0 Å². The van der Waals surface area contributed by atoms with Gasteiger partial charge in [-0.15, -0.1) is 11.3 Å². The summed E-state index contributed by atoms with van der Waals surface area (Å²) in [5.74, 6) is 0.625. The number of nitrogens with one attached hydrogen (secondary N) is 1. The Morgan fingerprint density at radius 3 is 2.68 bits per heavy atom. The minimum absolute atomic E-state index is 0.0657. The summed E-state index contributed by atoms with van der Waals surface area (Å²) in [6.07, 6.45) is 1.93. The number of hydrogen-bond donors (Lipinski definition) is 1. The van der Waals surface area contributed by atoms with Crippen LogP contribution in [-0.2, 0) is 0 Å². The van der Waals surface area contributed by atoms with Crippen LogP contribution in [-0.4, -0.2) is 28.4 Å². The van der Waals surface area contributed by atoms with Crippen molar-refractivity contribution in [3.63, 3.8) is 0 Å². The van der Waals surface area contributed by atoms with Gasteiger partial charge in [0, 0.05) is 23.2 Å². The Hall–Kier alpha value is -2.34. The fraction of sp³-hybridized carbons (Fsp3) is 0.250. The quantitative estimate of drug-likeness (QED) is 0.804. The second-order valence-electron chi connectivity index (χ2n) is 5.22. The number of fused-ring (bicyclic) bond motifs is 1. The largest absolute Gasteiger partial charge is 0.497 e. The second kappa shape index (κ2) is 5.81. The molecule has 114 valence electrons. The Morgan fingerprint density at radius 2 is 2.05 bits per heavy atom. The van der Waals surface area contributed by atoms with Crippen LogP contribution in [0.3, 0.4) is 0 Å². The molecule has 0 spiro atoms. The first kappa shape index (κ1) is 14.6. The van der Waals surface area contributed by atoms with Crippen molar-refractivity contribution in [1.29, 1.82) is 0 Å². The number of carbonyl (C=O) groups is 1. The normalized spacial score (nSPS) is 11.1. The fourth-order valence-electron chi connectivity index (χ4n) is 2.30. The Labute approximate surface area is 132 Å². The summed E-state index contributed by atoms with van der Waals surface area (Å²) in [4.78, 5) is 17.7. The van der Waals surface area contributed by atoms with Crippen LogP contribution in [0.4, 0.5) is 0 Å². The van der Waals surface area contributed by atoms with Crippen molar-refractivity contribution in [3.05, 3.63) is 41.5 Å². The number of ether oxygens (including phenoxy) is 1. The first-order chi connectivity index (χ1) is 10.6. The zero-order valence-corrected chi connectivity index (χ0v) is 13.5. The van der Waals surface area contributed by atoms with Gasteiger partial charge in [-0.3, -0.25) is 9.20 Å². The maximum atomic E-state index is 12.4. The van der Waals surface area contributed by atoms with Crippen LogP contribution < -0.4 is 10.1 Å². The van der Waals surface area contributed by atoms with Gasteiger partial charge in [0.2, 0.25) is 0 Å². The lowest BCUT2D eigenvalue weighted by Gasteiger charge is -2.09. The van der Waals surface area contributed by atoms with Gasteiger partial charge in [0.25, 0.3) is 5.91 Å². The molecule has 1 amide bonds. The van der Waals surface area contributed by atoms with Crippen molar-refractivity contribution < 1.29 is 9.53 Å². The highest BCUT2D eigenvalue weighted by atomic mass is 32.1. The van der Waals surface area contributed by atoms with E-state index in [-0.39, 0.29) is 11.9 Å². The minimum Gasteiger partial charge on any atom is -0.497 e. The van der Waals surface area contributed by atoms with Gasteiger partial charge in [0.15, 0.2) is 10.7 Å². The molecule has 0 atom stereocenters. The Kier molecular flexibility index (Phi) is 3.85. The van der Waals surface area contributed by atoms with Crippen molar-refractivity contribution in [2.24, 2.45) is 0 Å². The Balaban J connectivity index is 2.12. The molecular weight excluding hydrogens is 298 g/mol. The number of rotatable bonds is 4.